The Morgan fingerprint density at radius 2 is 2.00 bits per heavy atom. The summed E-state index contributed by atoms with van der Waals surface area (Å²) >= 11 is 7.24. The van der Waals surface area contributed by atoms with Crippen molar-refractivity contribution in [3.05, 3.63) is 64.3 Å². The number of hydrogen-bond acceptors (Lipinski definition) is 7. The van der Waals surface area contributed by atoms with Crippen molar-refractivity contribution in [1.29, 1.82) is 0 Å². The first kappa shape index (κ1) is 19.2. The zero-order chi connectivity index (χ0) is 19.2. The number of aromatic nitrogens is 3. The number of amides is 1. The number of pyridine rings is 1. The van der Waals surface area contributed by atoms with E-state index < -0.39 is 0 Å². The molecule has 2 N–H and O–H groups in total. The third-order valence-electron chi connectivity index (χ3n) is 3.96. The van der Waals surface area contributed by atoms with E-state index in [9.17, 15) is 4.79 Å². The number of anilines is 2. The fraction of sp³-hybridized carbons (Fsp3) is 0.222. The monoisotopic (exact) mass is 402 g/mol. The number of carbonyl (C=O) groups excluding carboxylic acids is 1. The van der Waals surface area contributed by atoms with Crippen LogP contribution in [0.3, 0.4) is 0 Å². The smallest absolute Gasteiger partial charge is 0.259 e. The summed E-state index contributed by atoms with van der Waals surface area (Å²) in [6.07, 6.45) is 1.53. The van der Waals surface area contributed by atoms with E-state index in [-0.39, 0.29) is 11.9 Å². The van der Waals surface area contributed by atoms with Crippen molar-refractivity contribution in [3.8, 4) is 0 Å². The molecule has 0 saturated carbocycles. The zero-order valence-electron chi connectivity index (χ0n) is 14.9. The molecule has 3 rings (SSSR count). The van der Waals surface area contributed by atoms with Crippen molar-refractivity contribution in [3.63, 3.8) is 0 Å². The fourth-order valence-corrected chi connectivity index (χ4v) is 3.08. The number of nitrogens with zero attached hydrogens (tertiary/aromatic N) is 4. The second-order valence-corrected chi connectivity index (χ2v) is 7.31. The largest absolute Gasteiger partial charge is 0.368 e. The number of likely N-dealkylation sites (N-methyl/N-ethyl adjacent to an activating group) is 1. The lowest BCUT2D eigenvalue weighted by molar-refractivity contribution is 0.102. The Balaban J connectivity index is 1.61. The van der Waals surface area contributed by atoms with Crippen LogP contribution in [0.4, 0.5) is 10.9 Å². The van der Waals surface area contributed by atoms with Gasteiger partial charge in [0.25, 0.3) is 5.91 Å². The van der Waals surface area contributed by atoms with Crippen LogP contribution in [0.2, 0.25) is 5.02 Å². The topological polar surface area (TPSA) is 83.0 Å². The highest BCUT2D eigenvalue weighted by Gasteiger charge is 2.14. The summed E-state index contributed by atoms with van der Waals surface area (Å²) in [5, 5.41) is 14.6. The van der Waals surface area contributed by atoms with Gasteiger partial charge in [0, 0.05) is 17.8 Å². The molecule has 1 aromatic carbocycles. The summed E-state index contributed by atoms with van der Waals surface area (Å²) in [7, 11) is 4.05. The van der Waals surface area contributed by atoms with E-state index in [2.05, 4.69) is 30.7 Å². The predicted octanol–water partition coefficient (Wildman–Crippen LogP) is 3.55. The van der Waals surface area contributed by atoms with Crippen molar-refractivity contribution in [2.24, 2.45) is 0 Å². The number of carbonyl (C=O) groups is 1. The maximum Gasteiger partial charge on any atom is 0.259 e. The van der Waals surface area contributed by atoms with Crippen LogP contribution in [0.15, 0.2) is 48.1 Å². The van der Waals surface area contributed by atoms with Gasteiger partial charge in [0.2, 0.25) is 5.13 Å². The van der Waals surface area contributed by atoms with Crippen molar-refractivity contribution in [2.75, 3.05) is 31.3 Å². The van der Waals surface area contributed by atoms with E-state index >= 15 is 0 Å². The van der Waals surface area contributed by atoms with Crippen LogP contribution in [0, 0.1) is 0 Å². The fourth-order valence-electron chi connectivity index (χ4n) is 2.51. The number of rotatable bonds is 7. The molecule has 0 bridgehead atoms. The molecular formula is C18H19ClN6OS. The van der Waals surface area contributed by atoms with Gasteiger partial charge in [0.15, 0.2) is 0 Å². The van der Waals surface area contributed by atoms with Gasteiger partial charge < -0.3 is 10.2 Å². The second-order valence-electron chi connectivity index (χ2n) is 6.04. The van der Waals surface area contributed by atoms with Gasteiger partial charge in [-0.2, -0.15) is 0 Å². The quantitative estimate of drug-likeness (QED) is 0.628. The highest BCUT2D eigenvalue weighted by atomic mass is 35.5. The lowest BCUT2D eigenvalue weighted by atomic mass is 10.1. The van der Waals surface area contributed by atoms with Crippen LogP contribution in [0.1, 0.15) is 22.0 Å². The summed E-state index contributed by atoms with van der Waals surface area (Å²) in [5.74, 6) is 0.432. The summed E-state index contributed by atoms with van der Waals surface area (Å²) in [4.78, 5) is 18.6. The Bertz CT molecular complexity index is 868. The summed E-state index contributed by atoms with van der Waals surface area (Å²) in [5.41, 5.74) is 3.17. The van der Waals surface area contributed by atoms with Crippen molar-refractivity contribution < 1.29 is 4.79 Å². The minimum Gasteiger partial charge on any atom is -0.368 e. The maximum absolute atomic E-state index is 12.1. The van der Waals surface area contributed by atoms with Crippen LogP contribution < -0.4 is 10.6 Å². The number of benzene rings is 1. The summed E-state index contributed by atoms with van der Waals surface area (Å²) in [6, 6.07) is 11.5. The van der Waals surface area contributed by atoms with Crippen LogP contribution in [-0.2, 0) is 0 Å². The average molecular weight is 403 g/mol. The summed E-state index contributed by atoms with van der Waals surface area (Å²) < 4.78 is 0. The van der Waals surface area contributed by atoms with Gasteiger partial charge in [-0.1, -0.05) is 35.1 Å². The Morgan fingerprint density at radius 3 is 2.59 bits per heavy atom. The van der Waals surface area contributed by atoms with E-state index in [0.717, 1.165) is 5.56 Å². The van der Waals surface area contributed by atoms with Crippen LogP contribution in [0.5, 0.6) is 0 Å². The molecule has 140 valence electrons. The Hall–Kier alpha value is -2.55. The molecule has 9 heteroatoms. The molecule has 0 radical (unpaired) electrons. The number of halogens is 1. The van der Waals surface area contributed by atoms with Crippen LogP contribution in [0.25, 0.3) is 0 Å². The standard InChI is InChI=1S/C18H19ClN6OS/c1-25(2)15(12-3-6-14(19)7-4-12)10-21-16-8-5-13(9-20-16)17(26)23-18-24-22-11-27-18/h3-9,11,15H,10H2,1-2H3,(H,20,21)(H,23,24,26). The third-order valence-corrected chi connectivity index (χ3v) is 4.82. The zero-order valence-corrected chi connectivity index (χ0v) is 16.5. The highest BCUT2D eigenvalue weighted by molar-refractivity contribution is 7.13. The molecule has 7 nitrogen and oxygen atoms in total. The molecule has 0 fully saturated rings. The molecule has 1 atom stereocenters. The normalized spacial score (nSPS) is 12.0. The second kappa shape index (κ2) is 8.90. The Morgan fingerprint density at radius 1 is 1.22 bits per heavy atom. The summed E-state index contributed by atoms with van der Waals surface area (Å²) in [6.45, 7) is 0.665. The minimum atomic E-state index is -0.266. The van der Waals surface area contributed by atoms with E-state index in [1.807, 2.05) is 38.4 Å². The van der Waals surface area contributed by atoms with Crippen molar-refractivity contribution in [2.45, 2.75) is 6.04 Å². The molecule has 0 aliphatic heterocycles. The van der Waals surface area contributed by atoms with Crippen molar-refractivity contribution in [1.82, 2.24) is 20.1 Å². The average Bonchev–Trinajstić information content (AvgIpc) is 3.16. The molecule has 3 aromatic rings. The van der Waals surface area contributed by atoms with Gasteiger partial charge >= 0.3 is 0 Å². The molecule has 0 aliphatic rings. The SMILES string of the molecule is CN(C)C(CNc1ccc(C(=O)Nc2nncs2)cn1)c1ccc(Cl)cc1. The minimum absolute atomic E-state index is 0.157. The number of hydrogen-bond donors (Lipinski definition) is 2. The molecule has 2 heterocycles. The van der Waals surface area contributed by atoms with Gasteiger partial charge in [-0.3, -0.25) is 10.1 Å². The van der Waals surface area contributed by atoms with Crippen LogP contribution >= 0.6 is 22.9 Å². The molecule has 2 aromatic heterocycles. The maximum atomic E-state index is 12.1. The van der Waals surface area contributed by atoms with E-state index in [1.165, 1.54) is 17.5 Å². The first-order valence-electron chi connectivity index (χ1n) is 8.22. The van der Waals surface area contributed by atoms with Gasteiger partial charge in [-0.15, -0.1) is 10.2 Å². The van der Waals surface area contributed by atoms with E-state index in [4.69, 9.17) is 11.6 Å². The molecule has 27 heavy (non-hydrogen) atoms. The molecule has 0 aliphatic carbocycles. The Kier molecular flexibility index (Phi) is 6.33. The first-order valence-corrected chi connectivity index (χ1v) is 9.48. The van der Waals surface area contributed by atoms with E-state index in [0.29, 0.717) is 28.1 Å². The number of nitrogens with one attached hydrogen (secondary N) is 2. The lowest BCUT2D eigenvalue weighted by Gasteiger charge is -2.25. The predicted molar refractivity (Wildman–Crippen MR) is 108 cm³/mol. The van der Waals surface area contributed by atoms with Crippen molar-refractivity contribution >= 4 is 39.8 Å². The third kappa shape index (κ3) is 5.22. The Labute approximate surface area is 166 Å². The molecular weight excluding hydrogens is 384 g/mol. The first-order chi connectivity index (χ1) is 13.0. The van der Waals surface area contributed by atoms with Gasteiger partial charge in [-0.05, 0) is 43.9 Å². The van der Waals surface area contributed by atoms with Gasteiger partial charge in [0.05, 0.1) is 11.6 Å². The molecule has 1 unspecified atom stereocenters. The van der Waals surface area contributed by atoms with Gasteiger partial charge in [0.1, 0.15) is 11.3 Å². The molecule has 0 saturated heterocycles. The highest BCUT2D eigenvalue weighted by Crippen LogP contribution is 2.21. The van der Waals surface area contributed by atoms with E-state index in [1.54, 1.807) is 17.6 Å². The van der Waals surface area contributed by atoms with Gasteiger partial charge in [-0.25, -0.2) is 4.98 Å². The van der Waals surface area contributed by atoms with Crippen LogP contribution in [-0.4, -0.2) is 46.6 Å². The molecule has 0 spiro atoms. The molecule has 1 amide bonds. The lowest BCUT2D eigenvalue weighted by Crippen LogP contribution is -2.27.